The highest BCUT2D eigenvalue weighted by atomic mass is 79.9. The van der Waals surface area contributed by atoms with Crippen LogP contribution in [0.5, 0.6) is 0 Å². The Morgan fingerprint density at radius 1 is 1.41 bits per heavy atom. The Bertz CT molecular complexity index is 504. The smallest absolute Gasteiger partial charge is 0.124 e. The van der Waals surface area contributed by atoms with Gasteiger partial charge in [0.1, 0.15) is 5.82 Å². The number of halogens is 2. The summed E-state index contributed by atoms with van der Waals surface area (Å²) in [6, 6.07) is 6.88. The average molecular weight is 314 g/mol. The number of aryl methyl sites for hydroxylation is 1. The van der Waals surface area contributed by atoms with Crippen molar-refractivity contribution in [3.05, 3.63) is 55.9 Å². The Morgan fingerprint density at radius 2 is 2.18 bits per heavy atom. The van der Waals surface area contributed by atoms with Gasteiger partial charge >= 0.3 is 0 Å². The van der Waals surface area contributed by atoms with Crippen LogP contribution in [0.3, 0.4) is 0 Å². The third-order valence-corrected chi connectivity index (χ3v) is 4.23. The van der Waals surface area contributed by atoms with Crippen molar-refractivity contribution in [2.75, 3.05) is 0 Å². The molecule has 90 valence electrons. The number of hydrogen-bond acceptors (Lipinski definition) is 2. The van der Waals surface area contributed by atoms with E-state index in [1.165, 1.54) is 22.6 Å². The van der Waals surface area contributed by atoms with E-state index in [9.17, 15) is 4.39 Å². The topological polar surface area (TPSA) is 26.0 Å². The molecule has 0 amide bonds. The lowest BCUT2D eigenvalue weighted by molar-refractivity contribution is 0.621. The molecule has 17 heavy (non-hydrogen) atoms. The van der Waals surface area contributed by atoms with E-state index in [2.05, 4.69) is 22.0 Å². The summed E-state index contributed by atoms with van der Waals surface area (Å²) in [6.07, 6.45) is 0.651. The van der Waals surface area contributed by atoms with E-state index < -0.39 is 0 Å². The van der Waals surface area contributed by atoms with Crippen LogP contribution in [0.25, 0.3) is 0 Å². The summed E-state index contributed by atoms with van der Waals surface area (Å²) >= 11 is 4.94. The van der Waals surface area contributed by atoms with Gasteiger partial charge in [-0.15, -0.1) is 11.3 Å². The lowest BCUT2D eigenvalue weighted by atomic mass is 10.0. The van der Waals surface area contributed by atoms with Crippen LogP contribution >= 0.6 is 27.3 Å². The van der Waals surface area contributed by atoms with Gasteiger partial charge in [0, 0.05) is 15.4 Å². The van der Waals surface area contributed by atoms with E-state index in [4.69, 9.17) is 5.73 Å². The molecule has 4 heteroatoms. The van der Waals surface area contributed by atoms with Crippen LogP contribution in [-0.4, -0.2) is 0 Å². The van der Waals surface area contributed by atoms with Gasteiger partial charge in [0.15, 0.2) is 0 Å². The van der Waals surface area contributed by atoms with E-state index >= 15 is 0 Å². The summed E-state index contributed by atoms with van der Waals surface area (Å²) in [7, 11) is 0. The zero-order chi connectivity index (χ0) is 12.4. The van der Waals surface area contributed by atoms with Crippen molar-refractivity contribution in [1.29, 1.82) is 0 Å². The molecule has 0 aliphatic carbocycles. The molecule has 2 N–H and O–H groups in total. The maximum Gasteiger partial charge on any atom is 0.124 e. The average Bonchev–Trinajstić information content (AvgIpc) is 2.62. The SMILES string of the molecule is Cc1ccsc1C(N)Cc1cc(F)cc(Br)c1. The Morgan fingerprint density at radius 3 is 2.76 bits per heavy atom. The van der Waals surface area contributed by atoms with Gasteiger partial charge in [-0.25, -0.2) is 4.39 Å². The van der Waals surface area contributed by atoms with Crippen LogP contribution in [0.15, 0.2) is 34.1 Å². The number of rotatable bonds is 3. The van der Waals surface area contributed by atoms with Gasteiger partial charge in [-0.3, -0.25) is 0 Å². The van der Waals surface area contributed by atoms with Gasteiger partial charge in [-0.2, -0.15) is 0 Å². The van der Waals surface area contributed by atoms with E-state index in [0.29, 0.717) is 6.42 Å². The van der Waals surface area contributed by atoms with E-state index in [0.717, 1.165) is 10.0 Å². The highest BCUT2D eigenvalue weighted by Crippen LogP contribution is 2.26. The zero-order valence-electron chi connectivity index (χ0n) is 9.41. The van der Waals surface area contributed by atoms with Crippen molar-refractivity contribution >= 4 is 27.3 Å². The fraction of sp³-hybridized carbons (Fsp3) is 0.231. The highest BCUT2D eigenvalue weighted by Gasteiger charge is 2.12. The molecular weight excluding hydrogens is 301 g/mol. The molecule has 0 saturated carbocycles. The van der Waals surface area contributed by atoms with E-state index in [1.54, 1.807) is 11.3 Å². The monoisotopic (exact) mass is 313 g/mol. The molecule has 0 fully saturated rings. The summed E-state index contributed by atoms with van der Waals surface area (Å²) in [5.41, 5.74) is 8.27. The second-order valence-electron chi connectivity index (χ2n) is 4.06. The summed E-state index contributed by atoms with van der Waals surface area (Å²) in [5, 5.41) is 2.03. The second kappa shape index (κ2) is 5.29. The number of thiophene rings is 1. The van der Waals surface area contributed by atoms with E-state index in [1.807, 2.05) is 18.4 Å². The summed E-state index contributed by atoms with van der Waals surface area (Å²) in [4.78, 5) is 1.17. The fourth-order valence-electron chi connectivity index (χ4n) is 1.84. The molecule has 1 nitrogen and oxygen atoms in total. The first-order valence-corrected chi connectivity index (χ1v) is 6.98. The predicted octanol–water partition coefficient (Wildman–Crippen LogP) is 4.20. The molecule has 0 spiro atoms. The minimum absolute atomic E-state index is 0.0660. The first-order valence-electron chi connectivity index (χ1n) is 5.31. The van der Waals surface area contributed by atoms with Crippen LogP contribution in [0.2, 0.25) is 0 Å². The van der Waals surface area contributed by atoms with E-state index in [-0.39, 0.29) is 11.9 Å². The van der Waals surface area contributed by atoms with Gasteiger partial charge in [-0.1, -0.05) is 15.9 Å². The summed E-state index contributed by atoms with van der Waals surface area (Å²) < 4.78 is 14.0. The van der Waals surface area contributed by atoms with Crippen molar-refractivity contribution in [1.82, 2.24) is 0 Å². The second-order valence-corrected chi connectivity index (χ2v) is 5.92. The molecule has 0 aliphatic heterocycles. The van der Waals surface area contributed by atoms with Crippen LogP contribution in [0, 0.1) is 12.7 Å². The molecule has 2 rings (SSSR count). The van der Waals surface area contributed by atoms with Crippen molar-refractivity contribution < 1.29 is 4.39 Å². The Labute approximate surface area is 113 Å². The van der Waals surface area contributed by atoms with Gasteiger partial charge in [0.25, 0.3) is 0 Å². The lowest BCUT2D eigenvalue weighted by Crippen LogP contribution is -2.13. The van der Waals surface area contributed by atoms with Gasteiger partial charge in [-0.05, 0) is 54.1 Å². The van der Waals surface area contributed by atoms with Crippen LogP contribution in [0.1, 0.15) is 22.0 Å². The van der Waals surface area contributed by atoms with Gasteiger partial charge < -0.3 is 5.73 Å². The van der Waals surface area contributed by atoms with Crippen LogP contribution in [0.4, 0.5) is 4.39 Å². The van der Waals surface area contributed by atoms with Crippen molar-refractivity contribution in [2.45, 2.75) is 19.4 Å². The maximum atomic E-state index is 13.2. The standard InChI is InChI=1S/C13H13BrFNS/c1-8-2-3-17-13(8)12(16)6-9-4-10(14)7-11(15)5-9/h2-5,7,12H,6,16H2,1H3. The molecule has 1 aromatic heterocycles. The largest absolute Gasteiger partial charge is 0.323 e. The van der Waals surface area contributed by atoms with Crippen LogP contribution in [-0.2, 0) is 6.42 Å². The van der Waals surface area contributed by atoms with Crippen molar-refractivity contribution in [2.24, 2.45) is 5.73 Å². The fourth-order valence-corrected chi connectivity index (χ4v) is 3.28. The normalized spacial score (nSPS) is 12.7. The molecule has 0 saturated heterocycles. The molecule has 0 radical (unpaired) electrons. The molecule has 1 heterocycles. The van der Waals surface area contributed by atoms with Gasteiger partial charge in [0.05, 0.1) is 0 Å². The van der Waals surface area contributed by atoms with Crippen molar-refractivity contribution in [3.8, 4) is 0 Å². The summed E-state index contributed by atoms with van der Waals surface area (Å²) in [5.74, 6) is -0.232. The minimum atomic E-state index is -0.232. The molecule has 1 unspecified atom stereocenters. The van der Waals surface area contributed by atoms with Gasteiger partial charge in [0.2, 0.25) is 0 Å². The van der Waals surface area contributed by atoms with Crippen molar-refractivity contribution in [3.63, 3.8) is 0 Å². The Hall–Kier alpha value is -0.710. The Kier molecular flexibility index (Phi) is 3.97. The number of hydrogen-bond donors (Lipinski definition) is 1. The molecule has 0 bridgehead atoms. The minimum Gasteiger partial charge on any atom is -0.323 e. The molecule has 1 aromatic carbocycles. The third kappa shape index (κ3) is 3.15. The quantitative estimate of drug-likeness (QED) is 0.903. The number of nitrogens with two attached hydrogens (primary N) is 1. The predicted molar refractivity (Wildman–Crippen MR) is 73.8 cm³/mol. The maximum absolute atomic E-state index is 13.2. The first-order chi connectivity index (χ1) is 8.06. The Balaban J connectivity index is 2.18. The highest BCUT2D eigenvalue weighted by molar-refractivity contribution is 9.10. The number of benzene rings is 1. The first kappa shape index (κ1) is 12.7. The van der Waals surface area contributed by atoms with Crippen LogP contribution < -0.4 is 5.73 Å². The third-order valence-electron chi connectivity index (χ3n) is 2.62. The molecule has 0 aliphatic rings. The molecule has 1 atom stereocenters. The lowest BCUT2D eigenvalue weighted by Gasteiger charge is -2.11. The molecule has 2 aromatic rings. The summed E-state index contributed by atoms with van der Waals surface area (Å²) in [6.45, 7) is 2.05. The molecular formula is C13H13BrFNS. The zero-order valence-corrected chi connectivity index (χ0v) is 11.8.